The number of anilines is 1. The van der Waals surface area contributed by atoms with Crippen LogP contribution in [0.4, 0.5) is 5.82 Å². The summed E-state index contributed by atoms with van der Waals surface area (Å²) in [6.07, 6.45) is 3.51. The Hall–Kier alpha value is -2.86. The van der Waals surface area contributed by atoms with E-state index in [1.807, 2.05) is 31.3 Å². The number of halogens is 1. The second-order valence-corrected chi connectivity index (χ2v) is 7.76. The quantitative estimate of drug-likeness (QED) is 0.553. The molecule has 1 heterocycles. The molecule has 1 aromatic carbocycles. The first kappa shape index (κ1) is 20.9. The van der Waals surface area contributed by atoms with Crippen LogP contribution < -0.4 is 10.6 Å². The van der Waals surface area contributed by atoms with Crippen LogP contribution >= 0.6 is 11.6 Å². The second kappa shape index (κ2) is 9.09. The van der Waals surface area contributed by atoms with E-state index in [-0.39, 0.29) is 28.5 Å². The lowest BCUT2D eigenvalue weighted by molar-refractivity contribution is -0.118. The summed E-state index contributed by atoms with van der Waals surface area (Å²) in [5.74, 6) is 0.536. The smallest absolute Gasteiger partial charge is 0.256 e. The number of aryl methyl sites for hydroxylation is 1. The molecule has 2 aromatic rings. The third kappa shape index (κ3) is 5.15. The molecular weight excluding hydrogens is 388 g/mol. The third-order valence-corrected chi connectivity index (χ3v) is 5.49. The average Bonchev–Trinajstić information content (AvgIpc) is 3.08. The molecule has 152 valence electrons. The van der Waals surface area contributed by atoms with Gasteiger partial charge >= 0.3 is 0 Å². The van der Waals surface area contributed by atoms with Crippen molar-refractivity contribution < 1.29 is 9.59 Å². The molecular formula is C22H25ClN4O2. The molecule has 29 heavy (non-hydrogen) atoms. The van der Waals surface area contributed by atoms with Gasteiger partial charge in [0, 0.05) is 35.7 Å². The van der Waals surface area contributed by atoms with E-state index in [4.69, 9.17) is 11.6 Å². The Bertz CT molecular complexity index is 928. The van der Waals surface area contributed by atoms with Crippen molar-refractivity contribution in [2.75, 3.05) is 5.32 Å². The molecule has 1 aromatic heterocycles. The van der Waals surface area contributed by atoms with E-state index in [0.717, 1.165) is 31.4 Å². The van der Waals surface area contributed by atoms with Gasteiger partial charge in [-0.1, -0.05) is 43.0 Å². The molecule has 0 saturated heterocycles. The van der Waals surface area contributed by atoms with Crippen LogP contribution in [0.2, 0.25) is 0 Å². The number of carbonyl (C=O) groups is 2. The third-order valence-electron chi connectivity index (χ3n) is 5.26. The predicted molar refractivity (Wildman–Crippen MR) is 115 cm³/mol. The number of hydrogen-bond acceptors (Lipinski definition) is 3. The fraction of sp³-hybridized carbons (Fsp3) is 0.318. The molecule has 1 aliphatic carbocycles. The van der Waals surface area contributed by atoms with Gasteiger partial charge in [0.25, 0.3) is 11.8 Å². The Morgan fingerprint density at radius 1 is 1.14 bits per heavy atom. The van der Waals surface area contributed by atoms with Gasteiger partial charge in [0.15, 0.2) is 0 Å². The highest BCUT2D eigenvalue weighted by atomic mass is 35.5. The van der Waals surface area contributed by atoms with E-state index in [0.29, 0.717) is 17.3 Å². The van der Waals surface area contributed by atoms with Crippen molar-refractivity contribution in [1.82, 2.24) is 15.1 Å². The average molecular weight is 413 g/mol. The SMILES string of the molecule is C=C(Cl)C(=C)C(=O)NC1CCC(c2cc(NC(=O)c3ccccc3)n(C)n2)CC1. The number of aromatic nitrogens is 2. The number of amides is 2. The van der Waals surface area contributed by atoms with Crippen LogP contribution in [0.5, 0.6) is 0 Å². The van der Waals surface area contributed by atoms with E-state index >= 15 is 0 Å². The van der Waals surface area contributed by atoms with Crippen LogP contribution in [0.15, 0.2) is 60.2 Å². The number of carbonyl (C=O) groups excluding carboxylic acids is 2. The molecule has 2 N–H and O–H groups in total. The zero-order valence-corrected chi connectivity index (χ0v) is 17.2. The van der Waals surface area contributed by atoms with Crippen molar-refractivity contribution in [3.63, 3.8) is 0 Å². The first-order valence-corrected chi connectivity index (χ1v) is 9.98. The Morgan fingerprint density at radius 3 is 2.41 bits per heavy atom. The molecule has 3 rings (SSSR count). The van der Waals surface area contributed by atoms with Crippen LogP contribution in [-0.4, -0.2) is 27.6 Å². The summed E-state index contributed by atoms with van der Waals surface area (Å²) in [7, 11) is 1.82. The maximum Gasteiger partial charge on any atom is 0.256 e. The molecule has 0 spiro atoms. The Morgan fingerprint density at radius 2 is 1.79 bits per heavy atom. The van der Waals surface area contributed by atoms with Crippen molar-refractivity contribution >= 4 is 29.2 Å². The number of nitrogens with zero attached hydrogens (tertiary/aromatic N) is 2. The van der Waals surface area contributed by atoms with Crippen molar-refractivity contribution in [1.29, 1.82) is 0 Å². The van der Waals surface area contributed by atoms with E-state index in [9.17, 15) is 9.59 Å². The van der Waals surface area contributed by atoms with Gasteiger partial charge in [0.1, 0.15) is 5.82 Å². The lowest BCUT2D eigenvalue weighted by Gasteiger charge is -2.28. The van der Waals surface area contributed by atoms with Crippen molar-refractivity contribution in [2.45, 2.75) is 37.6 Å². The van der Waals surface area contributed by atoms with Gasteiger partial charge in [0.05, 0.1) is 11.3 Å². The summed E-state index contributed by atoms with van der Waals surface area (Å²) in [5, 5.41) is 10.6. The molecule has 2 amide bonds. The van der Waals surface area contributed by atoms with E-state index < -0.39 is 0 Å². The standard InChI is InChI=1S/C22H25ClN4O2/c1-14(15(2)23)21(28)24-18-11-9-16(10-12-18)19-13-20(27(3)26-19)25-22(29)17-7-5-4-6-8-17/h4-8,13,16,18H,1-2,9-12H2,3H3,(H,24,28)(H,25,29). The molecule has 1 saturated carbocycles. The summed E-state index contributed by atoms with van der Waals surface area (Å²) >= 11 is 5.74. The van der Waals surface area contributed by atoms with Crippen LogP contribution in [0.1, 0.15) is 47.7 Å². The van der Waals surface area contributed by atoms with Gasteiger partial charge in [-0.25, -0.2) is 0 Å². The second-order valence-electron chi connectivity index (χ2n) is 7.30. The molecule has 6 nitrogen and oxygen atoms in total. The highest BCUT2D eigenvalue weighted by Gasteiger charge is 2.26. The number of benzene rings is 1. The highest BCUT2D eigenvalue weighted by molar-refractivity contribution is 6.34. The summed E-state index contributed by atoms with van der Waals surface area (Å²) in [6.45, 7) is 7.19. The maximum atomic E-state index is 12.4. The molecule has 7 heteroatoms. The van der Waals surface area contributed by atoms with Crippen LogP contribution in [-0.2, 0) is 11.8 Å². The van der Waals surface area contributed by atoms with Crippen molar-refractivity contribution in [3.8, 4) is 0 Å². The fourth-order valence-electron chi connectivity index (χ4n) is 3.51. The normalized spacial score (nSPS) is 18.7. The van der Waals surface area contributed by atoms with Gasteiger partial charge in [-0.15, -0.1) is 0 Å². The van der Waals surface area contributed by atoms with Crippen LogP contribution in [0, 0.1) is 0 Å². The van der Waals surface area contributed by atoms with E-state index in [1.54, 1.807) is 16.8 Å². The zero-order valence-electron chi connectivity index (χ0n) is 16.5. The van der Waals surface area contributed by atoms with Gasteiger partial charge in [0.2, 0.25) is 0 Å². The topological polar surface area (TPSA) is 76.0 Å². The largest absolute Gasteiger partial charge is 0.349 e. The lowest BCUT2D eigenvalue weighted by Crippen LogP contribution is -2.38. The van der Waals surface area contributed by atoms with Gasteiger partial charge in [-0.3, -0.25) is 14.3 Å². The molecule has 0 bridgehead atoms. The minimum absolute atomic E-state index is 0.0903. The number of rotatable bonds is 6. The number of nitrogens with one attached hydrogen (secondary N) is 2. The maximum absolute atomic E-state index is 12.4. The predicted octanol–water partition coefficient (Wildman–Crippen LogP) is 4.12. The lowest BCUT2D eigenvalue weighted by atomic mass is 9.84. The number of hydrogen-bond donors (Lipinski definition) is 2. The highest BCUT2D eigenvalue weighted by Crippen LogP contribution is 2.33. The van der Waals surface area contributed by atoms with Crippen LogP contribution in [0.3, 0.4) is 0 Å². The summed E-state index contributed by atoms with van der Waals surface area (Å²) in [6, 6.07) is 11.1. The van der Waals surface area contributed by atoms with Gasteiger partial charge in [-0.2, -0.15) is 5.10 Å². The van der Waals surface area contributed by atoms with Crippen molar-refractivity contribution in [2.24, 2.45) is 7.05 Å². The molecule has 0 atom stereocenters. The Balaban J connectivity index is 1.57. The van der Waals surface area contributed by atoms with Gasteiger partial charge in [-0.05, 0) is 37.8 Å². The first-order chi connectivity index (χ1) is 13.8. The summed E-state index contributed by atoms with van der Waals surface area (Å²) < 4.78 is 1.69. The van der Waals surface area contributed by atoms with Crippen molar-refractivity contribution in [3.05, 3.63) is 71.4 Å². The molecule has 0 aliphatic heterocycles. The summed E-state index contributed by atoms with van der Waals surface area (Å²) in [4.78, 5) is 24.4. The molecule has 1 aliphatic rings. The molecule has 1 fully saturated rings. The minimum atomic E-state index is -0.266. The van der Waals surface area contributed by atoms with Crippen LogP contribution in [0.25, 0.3) is 0 Å². The van der Waals surface area contributed by atoms with E-state index in [2.05, 4.69) is 28.9 Å². The summed E-state index contributed by atoms with van der Waals surface area (Å²) in [5.41, 5.74) is 1.77. The van der Waals surface area contributed by atoms with E-state index in [1.165, 1.54) is 0 Å². The minimum Gasteiger partial charge on any atom is -0.349 e. The monoisotopic (exact) mass is 412 g/mol. The molecule has 0 unspecified atom stereocenters. The molecule has 0 radical (unpaired) electrons. The Kier molecular flexibility index (Phi) is 6.54. The van der Waals surface area contributed by atoms with Gasteiger partial charge < -0.3 is 10.6 Å². The Labute approximate surface area is 175 Å². The first-order valence-electron chi connectivity index (χ1n) is 9.60. The fourth-order valence-corrected chi connectivity index (χ4v) is 3.60. The zero-order chi connectivity index (χ0) is 21.0.